The van der Waals surface area contributed by atoms with Crippen LogP contribution in [0.3, 0.4) is 0 Å². The lowest BCUT2D eigenvalue weighted by molar-refractivity contribution is -0.143. The number of nitrogens with zero attached hydrogens (tertiary/aromatic N) is 3. The van der Waals surface area contributed by atoms with Crippen LogP contribution in [0.1, 0.15) is 75.3 Å². The van der Waals surface area contributed by atoms with Crippen LogP contribution in [-0.2, 0) is 80.2 Å². The number of carboxylic acids is 2. The van der Waals surface area contributed by atoms with Crippen LogP contribution < -0.4 is 48.3 Å². The number of rotatable bonds is 19. The molecule has 81 heavy (non-hydrogen) atoms. The molecule has 1 aliphatic heterocycles. The zero-order valence-corrected chi connectivity index (χ0v) is 45.0. The lowest BCUT2D eigenvalue weighted by Crippen LogP contribution is -2.61. The minimum absolute atomic E-state index is 0.0117. The number of nitrogens with two attached hydrogens (primary N) is 1. The van der Waals surface area contributed by atoms with Gasteiger partial charge in [-0.2, -0.15) is 0 Å². The van der Waals surface area contributed by atoms with Crippen LogP contribution in [0.25, 0.3) is 10.9 Å². The number of nitrogens with one attached hydrogen (secondary N) is 9. The molecule has 3 heterocycles. The highest BCUT2D eigenvalue weighted by Gasteiger charge is 2.37. The van der Waals surface area contributed by atoms with E-state index in [-0.39, 0.29) is 56.6 Å². The van der Waals surface area contributed by atoms with Gasteiger partial charge < -0.3 is 68.6 Å². The van der Waals surface area contributed by atoms with E-state index in [2.05, 4.69) is 57.8 Å². The average Bonchev–Trinajstić information content (AvgIpc) is 4.28. The Morgan fingerprint density at radius 3 is 1.95 bits per heavy atom. The lowest BCUT2D eigenvalue weighted by atomic mass is 10.00. The number of aryl methyl sites for hydroxylation is 1. The molecule has 5 aromatic rings. The van der Waals surface area contributed by atoms with E-state index in [1.807, 2.05) is 12.1 Å². The second-order valence-electron chi connectivity index (χ2n) is 20.1. The predicted molar refractivity (Wildman–Crippen MR) is 291 cm³/mol. The Labute approximate surface area is 465 Å². The fourth-order valence-electron chi connectivity index (χ4n) is 9.22. The number of carbonyl (C=O) groups excluding carboxylic acids is 8. The van der Waals surface area contributed by atoms with Crippen LogP contribution >= 0.6 is 0 Å². The Balaban J connectivity index is 1.50. The van der Waals surface area contributed by atoms with Crippen molar-refractivity contribution in [1.29, 1.82) is 0 Å². The molecule has 0 radical (unpaired) electrons. The molecule has 8 amide bonds. The summed E-state index contributed by atoms with van der Waals surface area (Å²) < 4.78 is 1.24. The summed E-state index contributed by atoms with van der Waals surface area (Å²) in [5, 5.41) is 59.7. The summed E-state index contributed by atoms with van der Waals surface area (Å²) in [5.41, 5.74) is 8.28. The zero-order valence-electron chi connectivity index (χ0n) is 45.0. The number of carbonyl (C=O) groups is 10. The van der Waals surface area contributed by atoms with Crippen LogP contribution in [0, 0.1) is 5.92 Å². The Bertz CT molecular complexity index is 3020. The maximum absolute atomic E-state index is 15.0. The van der Waals surface area contributed by atoms with E-state index >= 15 is 0 Å². The fraction of sp³-hybridized carbons (Fsp3) is 0.418. The number of aliphatic carboxylic acids is 2. The molecule has 26 heteroatoms. The number of amides is 8. The first-order valence-corrected chi connectivity index (χ1v) is 26.5. The molecule has 0 spiro atoms. The monoisotopic (exact) mass is 1120 g/mol. The van der Waals surface area contributed by atoms with Crippen molar-refractivity contribution in [2.24, 2.45) is 11.7 Å². The summed E-state index contributed by atoms with van der Waals surface area (Å²) >= 11 is 0. The normalized spacial score (nSPS) is 20.4. The number of benzene rings is 3. The number of unbranched alkanes of at least 4 members (excludes halogenated alkanes) is 1. The first kappa shape index (κ1) is 61.0. The number of hydrogen-bond donors (Lipinski definition) is 13. The van der Waals surface area contributed by atoms with Gasteiger partial charge in [0.1, 0.15) is 54.1 Å². The molecule has 0 saturated heterocycles. The van der Waals surface area contributed by atoms with E-state index in [1.165, 1.54) is 35.1 Å². The molecular formula is C55H69N13O13. The fourth-order valence-corrected chi connectivity index (χ4v) is 9.22. The van der Waals surface area contributed by atoms with Gasteiger partial charge >= 0.3 is 11.9 Å². The molecule has 3 aromatic carbocycles. The highest BCUT2D eigenvalue weighted by atomic mass is 16.4. The van der Waals surface area contributed by atoms with Gasteiger partial charge in [0.15, 0.2) is 0 Å². The Morgan fingerprint density at radius 2 is 1.32 bits per heavy atom. The number of aromatic hydroxyl groups is 1. The van der Waals surface area contributed by atoms with Gasteiger partial charge in [-0.3, -0.25) is 43.2 Å². The summed E-state index contributed by atoms with van der Waals surface area (Å²) in [5.74, 6) is -10.8. The van der Waals surface area contributed by atoms with Gasteiger partial charge in [0.05, 0.1) is 18.3 Å². The standard InChI is InChI=1S/C55H69N13O13/c1-30(2)47(55(80)81)66-49(74)40-20-22-68-35(29-58-67-68)26-44(65-54(79)45(27-46(71)72)59-31(3)69)53(78)63-41(23-32-11-5-4-6-12-32)51(76)64-43(25-34-28-57-38-14-8-7-13-37(34)38)52(77)60-39(15-9-10-21-56)48(73)62-42(50(75)61-40)24-33-16-18-36(70)19-17-33/h4-8,11-14,16-19,28-30,39-45,47,57,70H,9-10,15,20-27,56H2,1-3H3,(H,59,69)(H,60,77)(H,61,75)(H,62,73)(H,63,78)(H,64,76)(H,65,79)(H,66,74)(H,71,72)(H,80,81)/t39-,40-,41?,42?,43?,44-,45-,47-/m0/s1. The van der Waals surface area contributed by atoms with Crippen molar-refractivity contribution in [3.63, 3.8) is 0 Å². The minimum Gasteiger partial charge on any atom is -0.508 e. The molecule has 432 valence electrons. The molecule has 2 aromatic heterocycles. The molecule has 0 bridgehead atoms. The lowest BCUT2D eigenvalue weighted by Gasteiger charge is -2.28. The molecular weight excluding hydrogens is 1050 g/mol. The molecule has 0 fully saturated rings. The molecule has 26 nitrogen and oxygen atoms in total. The third-order valence-corrected chi connectivity index (χ3v) is 13.5. The van der Waals surface area contributed by atoms with Gasteiger partial charge in [-0.05, 0) is 73.0 Å². The van der Waals surface area contributed by atoms with Crippen LogP contribution in [-0.4, -0.2) is 149 Å². The van der Waals surface area contributed by atoms with Crippen LogP contribution in [0.15, 0.2) is 91.3 Å². The molecule has 1 aliphatic rings. The Kier molecular flexibility index (Phi) is 22.0. The second kappa shape index (κ2) is 29.1. The summed E-state index contributed by atoms with van der Waals surface area (Å²) in [6.45, 7) is 4.14. The highest BCUT2D eigenvalue weighted by molar-refractivity contribution is 5.99. The first-order chi connectivity index (χ1) is 38.7. The largest absolute Gasteiger partial charge is 0.508 e. The molecule has 8 atom stereocenters. The number of phenolic OH excluding ortho intramolecular Hbond substituents is 1. The van der Waals surface area contributed by atoms with E-state index in [0.29, 0.717) is 40.4 Å². The van der Waals surface area contributed by atoms with E-state index in [4.69, 9.17) is 5.73 Å². The number of aromatic nitrogens is 4. The predicted octanol–water partition coefficient (Wildman–Crippen LogP) is -0.618. The maximum Gasteiger partial charge on any atom is 0.326 e. The van der Waals surface area contributed by atoms with Crippen molar-refractivity contribution in [2.45, 2.75) is 133 Å². The van der Waals surface area contributed by atoms with Crippen LogP contribution in [0.2, 0.25) is 0 Å². The van der Waals surface area contributed by atoms with Gasteiger partial charge in [-0.15, -0.1) is 5.10 Å². The summed E-state index contributed by atoms with van der Waals surface area (Å²) in [4.78, 5) is 142. The Morgan fingerprint density at radius 1 is 0.728 bits per heavy atom. The van der Waals surface area contributed by atoms with Crippen LogP contribution in [0.4, 0.5) is 0 Å². The van der Waals surface area contributed by atoms with Gasteiger partial charge in [0.25, 0.3) is 0 Å². The smallest absolute Gasteiger partial charge is 0.326 e. The zero-order chi connectivity index (χ0) is 58.8. The van der Waals surface area contributed by atoms with Gasteiger partial charge in [0.2, 0.25) is 47.3 Å². The van der Waals surface area contributed by atoms with E-state index < -0.39 is 126 Å². The van der Waals surface area contributed by atoms with Gasteiger partial charge in [-0.1, -0.05) is 79.7 Å². The highest BCUT2D eigenvalue weighted by Crippen LogP contribution is 2.21. The number of hydrogen-bond acceptors (Lipinski definition) is 14. The van der Waals surface area contributed by atoms with Crippen molar-refractivity contribution in [3.05, 3.63) is 114 Å². The number of fused-ring (bicyclic) bond motifs is 2. The van der Waals surface area contributed by atoms with E-state index in [0.717, 1.165) is 6.92 Å². The van der Waals surface area contributed by atoms with Crippen molar-refractivity contribution >= 4 is 70.1 Å². The quantitative estimate of drug-likeness (QED) is 0.0459. The molecule has 6 rings (SSSR count). The molecule has 0 saturated carbocycles. The number of aromatic amines is 1. The van der Waals surface area contributed by atoms with E-state index in [1.54, 1.807) is 62.5 Å². The average molecular weight is 1120 g/mol. The van der Waals surface area contributed by atoms with Crippen molar-refractivity contribution < 1.29 is 63.3 Å². The third-order valence-electron chi connectivity index (χ3n) is 13.5. The van der Waals surface area contributed by atoms with Crippen LogP contribution in [0.5, 0.6) is 5.75 Å². The third kappa shape index (κ3) is 17.9. The van der Waals surface area contributed by atoms with Crippen molar-refractivity contribution in [2.75, 3.05) is 6.54 Å². The summed E-state index contributed by atoms with van der Waals surface area (Å²) in [6.07, 6.45) is 1.34. The Hall–Kier alpha value is -9.20. The number of carboxylic acid groups (broad SMARTS) is 2. The number of H-pyrrole nitrogens is 1. The minimum atomic E-state index is -1.69. The molecule has 0 aliphatic carbocycles. The maximum atomic E-state index is 15.0. The number of phenols is 1. The topological polar surface area (TPSA) is 400 Å². The summed E-state index contributed by atoms with van der Waals surface area (Å²) in [6, 6.07) is 9.30. The van der Waals surface area contributed by atoms with Gasteiger partial charge in [-0.25, -0.2) is 9.48 Å². The number of para-hydroxylation sites is 1. The summed E-state index contributed by atoms with van der Waals surface area (Å²) in [7, 11) is 0. The van der Waals surface area contributed by atoms with E-state index in [9.17, 15) is 63.3 Å². The van der Waals surface area contributed by atoms with Crippen molar-refractivity contribution in [1.82, 2.24) is 62.5 Å². The van der Waals surface area contributed by atoms with Crippen molar-refractivity contribution in [3.8, 4) is 5.75 Å². The molecule has 3 unspecified atom stereocenters. The SMILES string of the molecule is CC(=O)N[C@@H](CC(=O)O)C(=O)N[C@H]1Cc2cnnn2CC[C@@H](C(=O)N[C@H](C(=O)O)C(C)C)NC(=O)C(Cc2ccc(O)cc2)NC(=O)[C@H](CCCCN)NC(=O)C(Cc2c[nH]c3ccccc23)NC(=O)C(Cc2ccccc2)NC1=O. The molecule has 14 N–H and O–H groups in total. The van der Waals surface area contributed by atoms with Gasteiger partial charge in [0, 0.05) is 56.3 Å². The second-order valence-corrected chi connectivity index (χ2v) is 20.1. The first-order valence-electron chi connectivity index (χ1n) is 26.5.